The van der Waals surface area contributed by atoms with Crippen LogP contribution in [0.1, 0.15) is 5.69 Å². The Bertz CT molecular complexity index is 317. The van der Waals surface area contributed by atoms with Gasteiger partial charge in [0, 0.05) is 13.3 Å². The van der Waals surface area contributed by atoms with Gasteiger partial charge in [-0.05, 0) is 12.1 Å². The summed E-state index contributed by atoms with van der Waals surface area (Å²) in [6.45, 7) is 0.0450. The van der Waals surface area contributed by atoms with Crippen LogP contribution in [0.4, 0.5) is 4.39 Å². The third-order valence-electron chi connectivity index (χ3n) is 1.56. The first kappa shape index (κ1) is 10.6. The lowest BCUT2D eigenvalue weighted by molar-refractivity contribution is -0.124. The first-order valence-electron chi connectivity index (χ1n) is 4.09. The van der Waals surface area contributed by atoms with Crippen molar-refractivity contribution in [1.82, 2.24) is 10.3 Å². The summed E-state index contributed by atoms with van der Waals surface area (Å²) in [5, 5.41) is 2.47. The van der Waals surface area contributed by atoms with Gasteiger partial charge in [0.15, 0.2) is 0 Å². The predicted molar refractivity (Wildman–Crippen MR) is 47.9 cm³/mol. The normalized spacial score (nSPS) is 9.86. The van der Waals surface area contributed by atoms with Gasteiger partial charge >= 0.3 is 0 Å². The van der Waals surface area contributed by atoms with Crippen molar-refractivity contribution in [2.75, 3.05) is 13.7 Å². The molecule has 0 radical (unpaired) electrons. The maximum absolute atomic E-state index is 13.0. The van der Waals surface area contributed by atoms with Crippen LogP contribution >= 0.6 is 0 Å². The molecule has 1 amide bonds. The van der Waals surface area contributed by atoms with Gasteiger partial charge in [0.25, 0.3) is 0 Å². The highest BCUT2D eigenvalue weighted by molar-refractivity contribution is 5.77. The number of methoxy groups -OCH3 is 1. The van der Waals surface area contributed by atoms with E-state index >= 15 is 0 Å². The number of carbonyl (C=O) groups is 1. The van der Waals surface area contributed by atoms with Gasteiger partial charge in [-0.1, -0.05) is 0 Å². The van der Waals surface area contributed by atoms with Crippen LogP contribution < -0.4 is 5.32 Å². The van der Waals surface area contributed by atoms with Crippen LogP contribution in [0, 0.1) is 5.82 Å². The quantitative estimate of drug-likeness (QED) is 0.765. The Morgan fingerprint density at radius 2 is 2.50 bits per heavy atom. The average Bonchev–Trinajstić information content (AvgIpc) is 2.17. The van der Waals surface area contributed by atoms with Gasteiger partial charge in [-0.2, -0.15) is 0 Å². The SMILES string of the molecule is COCC(=O)NCc1ncccc1F. The lowest BCUT2D eigenvalue weighted by Gasteiger charge is -2.04. The van der Waals surface area contributed by atoms with E-state index in [2.05, 4.69) is 15.0 Å². The summed E-state index contributed by atoms with van der Waals surface area (Å²) in [7, 11) is 1.42. The number of nitrogens with zero attached hydrogens (tertiary/aromatic N) is 1. The highest BCUT2D eigenvalue weighted by atomic mass is 19.1. The van der Waals surface area contributed by atoms with E-state index in [-0.39, 0.29) is 24.8 Å². The molecule has 1 aromatic heterocycles. The molecule has 0 unspecified atom stereocenters. The highest BCUT2D eigenvalue weighted by Gasteiger charge is 2.04. The van der Waals surface area contributed by atoms with Crippen LogP contribution in [-0.4, -0.2) is 24.6 Å². The Labute approximate surface area is 81.1 Å². The minimum atomic E-state index is -0.426. The summed E-state index contributed by atoms with van der Waals surface area (Å²) in [5.74, 6) is -0.720. The van der Waals surface area contributed by atoms with Crippen molar-refractivity contribution < 1.29 is 13.9 Å². The molecular weight excluding hydrogens is 187 g/mol. The second-order valence-corrected chi connectivity index (χ2v) is 2.64. The molecule has 0 bridgehead atoms. The van der Waals surface area contributed by atoms with E-state index in [1.165, 1.54) is 25.4 Å². The molecule has 0 saturated carbocycles. The minimum Gasteiger partial charge on any atom is -0.375 e. The number of hydrogen-bond donors (Lipinski definition) is 1. The maximum Gasteiger partial charge on any atom is 0.246 e. The van der Waals surface area contributed by atoms with Crippen LogP contribution in [0.15, 0.2) is 18.3 Å². The van der Waals surface area contributed by atoms with Gasteiger partial charge in [0.2, 0.25) is 5.91 Å². The van der Waals surface area contributed by atoms with E-state index in [1.54, 1.807) is 0 Å². The molecule has 76 valence electrons. The standard InChI is InChI=1S/C9H11FN2O2/c1-14-6-9(13)12-5-8-7(10)3-2-4-11-8/h2-4H,5-6H2,1H3,(H,12,13). The van der Waals surface area contributed by atoms with E-state index in [0.29, 0.717) is 0 Å². The molecule has 0 atom stereocenters. The third kappa shape index (κ3) is 3.10. The first-order valence-corrected chi connectivity index (χ1v) is 4.09. The lowest BCUT2D eigenvalue weighted by atomic mass is 10.3. The van der Waals surface area contributed by atoms with Gasteiger partial charge in [-0.15, -0.1) is 0 Å². The van der Waals surface area contributed by atoms with Crippen molar-refractivity contribution in [3.63, 3.8) is 0 Å². The minimum absolute atomic E-state index is 0.0333. The number of amides is 1. The van der Waals surface area contributed by atoms with Crippen molar-refractivity contribution >= 4 is 5.91 Å². The van der Waals surface area contributed by atoms with Crippen LogP contribution in [0.2, 0.25) is 0 Å². The van der Waals surface area contributed by atoms with E-state index < -0.39 is 5.82 Å². The molecule has 1 aromatic rings. The van der Waals surface area contributed by atoms with E-state index in [0.717, 1.165) is 0 Å². The topological polar surface area (TPSA) is 51.2 Å². The smallest absolute Gasteiger partial charge is 0.246 e. The molecular formula is C9H11FN2O2. The molecule has 0 aromatic carbocycles. The molecule has 4 nitrogen and oxygen atoms in total. The number of aromatic nitrogens is 1. The van der Waals surface area contributed by atoms with Gasteiger partial charge in [0.05, 0.1) is 12.2 Å². The number of halogens is 1. The van der Waals surface area contributed by atoms with Gasteiger partial charge in [0.1, 0.15) is 12.4 Å². The Balaban J connectivity index is 2.46. The number of rotatable bonds is 4. The summed E-state index contributed by atoms with van der Waals surface area (Å²) < 4.78 is 17.6. The molecule has 1 rings (SSSR count). The maximum atomic E-state index is 13.0. The monoisotopic (exact) mass is 198 g/mol. The van der Waals surface area contributed by atoms with Gasteiger partial charge in [-0.25, -0.2) is 4.39 Å². The molecule has 1 N–H and O–H groups in total. The molecule has 0 fully saturated rings. The van der Waals surface area contributed by atoms with E-state index in [4.69, 9.17) is 0 Å². The van der Waals surface area contributed by atoms with Crippen LogP contribution in [0.5, 0.6) is 0 Å². The Morgan fingerprint density at radius 3 is 3.14 bits per heavy atom. The first-order chi connectivity index (χ1) is 6.74. The highest BCUT2D eigenvalue weighted by Crippen LogP contribution is 2.01. The fraction of sp³-hybridized carbons (Fsp3) is 0.333. The van der Waals surface area contributed by atoms with Gasteiger partial charge in [-0.3, -0.25) is 9.78 Å². The summed E-state index contributed by atoms with van der Waals surface area (Å²) >= 11 is 0. The summed E-state index contributed by atoms with van der Waals surface area (Å²) in [6, 6.07) is 2.79. The molecule has 0 spiro atoms. The van der Waals surface area contributed by atoms with E-state index in [9.17, 15) is 9.18 Å². The summed E-state index contributed by atoms with van der Waals surface area (Å²) in [4.78, 5) is 14.7. The number of ether oxygens (including phenoxy) is 1. The summed E-state index contributed by atoms with van der Waals surface area (Å²) in [5.41, 5.74) is 0.219. The van der Waals surface area contributed by atoms with Crippen LogP contribution in [-0.2, 0) is 16.1 Å². The molecule has 0 aliphatic heterocycles. The Kier molecular flexibility index (Phi) is 4.00. The molecule has 0 aliphatic rings. The fourth-order valence-corrected chi connectivity index (χ4v) is 0.913. The van der Waals surface area contributed by atoms with Crippen molar-refractivity contribution in [2.24, 2.45) is 0 Å². The van der Waals surface area contributed by atoms with Crippen molar-refractivity contribution in [1.29, 1.82) is 0 Å². The largest absolute Gasteiger partial charge is 0.375 e. The zero-order valence-corrected chi connectivity index (χ0v) is 7.79. The number of carbonyl (C=O) groups excluding carboxylic acids is 1. The molecule has 0 saturated heterocycles. The van der Waals surface area contributed by atoms with Crippen molar-refractivity contribution in [2.45, 2.75) is 6.54 Å². The van der Waals surface area contributed by atoms with Crippen LogP contribution in [0.3, 0.4) is 0 Å². The molecule has 1 heterocycles. The number of nitrogens with one attached hydrogen (secondary N) is 1. The molecule has 5 heteroatoms. The number of pyridine rings is 1. The Morgan fingerprint density at radius 1 is 1.71 bits per heavy atom. The van der Waals surface area contributed by atoms with Crippen molar-refractivity contribution in [3.05, 3.63) is 29.8 Å². The number of hydrogen-bond acceptors (Lipinski definition) is 3. The molecule has 0 aliphatic carbocycles. The molecule has 14 heavy (non-hydrogen) atoms. The zero-order chi connectivity index (χ0) is 10.4. The summed E-state index contributed by atoms with van der Waals surface area (Å²) in [6.07, 6.45) is 1.47. The van der Waals surface area contributed by atoms with Crippen LogP contribution in [0.25, 0.3) is 0 Å². The zero-order valence-electron chi connectivity index (χ0n) is 7.79. The lowest BCUT2D eigenvalue weighted by Crippen LogP contribution is -2.27. The average molecular weight is 198 g/mol. The fourth-order valence-electron chi connectivity index (χ4n) is 0.913. The second kappa shape index (κ2) is 5.29. The van der Waals surface area contributed by atoms with E-state index in [1.807, 2.05) is 0 Å². The van der Waals surface area contributed by atoms with Gasteiger partial charge < -0.3 is 10.1 Å². The second-order valence-electron chi connectivity index (χ2n) is 2.64. The third-order valence-corrected chi connectivity index (χ3v) is 1.56. The van der Waals surface area contributed by atoms with Crippen molar-refractivity contribution in [3.8, 4) is 0 Å². The Hall–Kier alpha value is -1.49. The predicted octanol–water partition coefficient (Wildman–Crippen LogP) is 0.483.